The number of rotatable bonds is 16. The zero-order valence-electron chi connectivity index (χ0n) is 18.9. The highest BCUT2D eigenvalue weighted by Gasteiger charge is 2.04. The fourth-order valence-corrected chi connectivity index (χ4v) is 2.55. The molecular formula is C23H38N2O5. The molecule has 1 aromatic carbocycles. The van der Waals surface area contributed by atoms with Gasteiger partial charge in [-0.25, -0.2) is 0 Å². The SMILES string of the molecule is CC(C)CNC(=O)CCOCCOCCNC(=O)COc1ccc(CC(C)C)cc1. The first-order chi connectivity index (χ1) is 14.4. The average Bonchev–Trinajstić information content (AvgIpc) is 2.70. The molecule has 0 bridgehead atoms. The second kappa shape index (κ2) is 15.7. The summed E-state index contributed by atoms with van der Waals surface area (Å²) >= 11 is 0. The van der Waals surface area contributed by atoms with Crippen LogP contribution in [0.2, 0.25) is 0 Å². The van der Waals surface area contributed by atoms with Gasteiger partial charge in [0.05, 0.1) is 26.4 Å². The molecule has 7 nitrogen and oxygen atoms in total. The Labute approximate surface area is 180 Å². The van der Waals surface area contributed by atoms with E-state index in [0.29, 0.717) is 63.5 Å². The highest BCUT2D eigenvalue weighted by molar-refractivity contribution is 5.77. The Morgan fingerprint density at radius 3 is 2.13 bits per heavy atom. The van der Waals surface area contributed by atoms with Gasteiger partial charge in [0, 0.05) is 19.5 Å². The van der Waals surface area contributed by atoms with Gasteiger partial charge >= 0.3 is 0 Å². The number of amides is 2. The molecule has 0 saturated carbocycles. The van der Waals surface area contributed by atoms with Gasteiger partial charge in [0.25, 0.3) is 5.91 Å². The van der Waals surface area contributed by atoms with Crippen LogP contribution in [0.3, 0.4) is 0 Å². The maximum atomic E-state index is 11.8. The quantitative estimate of drug-likeness (QED) is 0.400. The van der Waals surface area contributed by atoms with Crippen molar-refractivity contribution < 1.29 is 23.8 Å². The fourth-order valence-electron chi connectivity index (χ4n) is 2.55. The van der Waals surface area contributed by atoms with Crippen LogP contribution < -0.4 is 15.4 Å². The molecule has 0 unspecified atom stereocenters. The molecule has 0 saturated heterocycles. The lowest BCUT2D eigenvalue weighted by atomic mass is 10.0. The third-order valence-electron chi connectivity index (χ3n) is 4.06. The lowest BCUT2D eigenvalue weighted by Gasteiger charge is -2.10. The second-order valence-corrected chi connectivity index (χ2v) is 8.05. The molecule has 170 valence electrons. The van der Waals surface area contributed by atoms with E-state index in [4.69, 9.17) is 14.2 Å². The van der Waals surface area contributed by atoms with Crippen molar-refractivity contribution in [1.82, 2.24) is 10.6 Å². The molecule has 0 spiro atoms. The van der Waals surface area contributed by atoms with Crippen LogP contribution in [0.25, 0.3) is 0 Å². The van der Waals surface area contributed by atoms with Crippen molar-refractivity contribution in [1.29, 1.82) is 0 Å². The van der Waals surface area contributed by atoms with Crippen molar-refractivity contribution in [3.05, 3.63) is 29.8 Å². The molecule has 2 N–H and O–H groups in total. The summed E-state index contributed by atoms with van der Waals surface area (Å²) in [6.45, 7) is 11.1. The minimum atomic E-state index is -0.187. The Balaban J connectivity index is 1.96. The predicted octanol–water partition coefficient (Wildman–Crippen LogP) is 2.58. The van der Waals surface area contributed by atoms with Gasteiger partial charge in [0.15, 0.2) is 6.61 Å². The van der Waals surface area contributed by atoms with Crippen LogP contribution in [0.1, 0.15) is 39.7 Å². The zero-order valence-corrected chi connectivity index (χ0v) is 18.9. The Bertz CT molecular complexity index is 602. The van der Waals surface area contributed by atoms with Crippen LogP contribution in [0.4, 0.5) is 0 Å². The van der Waals surface area contributed by atoms with Crippen LogP contribution in [-0.2, 0) is 25.5 Å². The number of carbonyl (C=O) groups excluding carboxylic acids is 2. The highest BCUT2D eigenvalue weighted by Crippen LogP contribution is 2.14. The molecule has 1 aromatic rings. The molecular weight excluding hydrogens is 384 g/mol. The van der Waals surface area contributed by atoms with Crippen LogP contribution >= 0.6 is 0 Å². The minimum absolute atomic E-state index is 0.000973. The summed E-state index contributed by atoms with van der Waals surface area (Å²) in [5, 5.41) is 5.59. The van der Waals surface area contributed by atoms with E-state index in [1.807, 2.05) is 24.3 Å². The molecule has 0 atom stereocenters. The van der Waals surface area contributed by atoms with E-state index < -0.39 is 0 Å². The average molecular weight is 423 g/mol. The van der Waals surface area contributed by atoms with Gasteiger partial charge in [-0.05, 0) is 36.0 Å². The van der Waals surface area contributed by atoms with Crippen LogP contribution in [0, 0.1) is 11.8 Å². The summed E-state index contributed by atoms with van der Waals surface area (Å²) in [6.07, 6.45) is 1.38. The molecule has 0 heterocycles. The summed E-state index contributed by atoms with van der Waals surface area (Å²) < 4.78 is 16.3. The molecule has 7 heteroatoms. The van der Waals surface area contributed by atoms with E-state index in [-0.39, 0.29) is 18.4 Å². The van der Waals surface area contributed by atoms with E-state index in [2.05, 4.69) is 38.3 Å². The van der Waals surface area contributed by atoms with Crippen LogP contribution in [0.15, 0.2) is 24.3 Å². The minimum Gasteiger partial charge on any atom is -0.484 e. The number of benzene rings is 1. The van der Waals surface area contributed by atoms with Crippen molar-refractivity contribution in [2.45, 2.75) is 40.5 Å². The van der Waals surface area contributed by atoms with Gasteiger partial charge < -0.3 is 24.8 Å². The number of hydrogen-bond donors (Lipinski definition) is 2. The molecule has 30 heavy (non-hydrogen) atoms. The summed E-state index contributed by atoms with van der Waals surface area (Å²) in [5.74, 6) is 1.55. The number of nitrogens with one attached hydrogen (secondary N) is 2. The normalized spacial score (nSPS) is 11.0. The second-order valence-electron chi connectivity index (χ2n) is 8.05. The Morgan fingerprint density at radius 2 is 1.50 bits per heavy atom. The standard InChI is InChI=1S/C23H38N2O5/c1-18(2)15-20-5-7-21(8-6-20)30-17-23(27)24-10-12-29-14-13-28-11-9-22(26)25-16-19(3)4/h5-8,18-19H,9-17H2,1-4H3,(H,24,27)(H,25,26). The van der Waals surface area contributed by atoms with E-state index in [9.17, 15) is 9.59 Å². The van der Waals surface area contributed by atoms with Gasteiger partial charge in [0.2, 0.25) is 5.91 Å². The van der Waals surface area contributed by atoms with Crippen LogP contribution in [0.5, 0.6) is 5.75 Å². The molecule has 1 rings (SSSR count). The van der Waals surface area contributed by atoms with Gasteiger partial charge in [-0.3, -0.25) is 9.59 Å². The van der Waals surface area contributed by atoms with Crippen molar-refractivity contribution >= 4 is 11.8 Å². The first-order valence-electron chi connectivity index (χ1n) is 10.8. The first-order valence-corrected chi connectivity index (χ1v) is 10.8. The largest absolute Gasteiger partial charge is 0.484 e. The summed E-state index contributed by atoms with van der Waals surface area (Å²) in [7, 11) is 0. The van der Waals surface area contributed by atoms with Crippen molar-refractivity contribution in [2.75, 3.05) is 46.1 Å². The third kappa shape index (κ3) is 14.0. The molecule has 0 aromatic heterocycles. The number of hydrogen-bond acceptors (Lipinski definition) is 5. The van der Waals surface area contributed by atoms with Gasteiger partial charge in [-0.15, -0.1) is 0 Å². The molecule has 0 fully saturated rings. The van der Waals surface area contributed by atoms with E-state index >= 15 is 0 Å². The fraction of sp³-hybridized carbons (Fsp3) is 0.652. The summed E-state index contributed by atoms with van der Waals surface area (Å²) in [4.78, 5) is 23.3. The first kappa shape index (κ1) is 25.9. The Hall–Kier alpha value is -2.12. The highest BCUT2D eigenvalue weighted by atomic mass is 16.5. The predicted molar refractivity (Wildman–Crippen MR) is 118 cm³/mol. The lowest BCUT2D eigenvalue weighted by molar-refractivity contribution is -0.123. The smallest absolute Gasteiger partial charge is 0.258 e. The van der Waals surface area contributed by atoms with E-state index in [1.54, 1.807) is 0 Å². The number of carbonyl (C=O) groups is 2. The van der Waals surface area contributed by atoms with E-state index in [1.165, 1.54) is 5.56 Å². The van der Waals surface area contributed by atoms with Crippen molar-refractivity contribution in [3.8, 4) is 5.75 Å². The summed E-state index contributed by atoms with van der Waals surface area (Å²) in [5.41, 5.74) is 1.26. The molecule has 0 aliphatic rings. The third-order valence-corrected chi connectivity index (χ3v) is 4.06. The molecule has 0 aliphatic carbocycles. The van der Waals surface area contributed by atoms with Crippen molar-refractivity contribution in [3.63, 3.8) is 0 Å². The van der Waals surface area contributed by atoms with Gasteiger partial charge in [-0.2, -0.15) is 0 Å². The molecule has 2 amide bonds. The van der Waals surface area contributed by atoms with Crippen LogP contribution in [-0.4, -0.2) is 57.9 Å². The van der Waals surface area contributed by atoms with Gasteiger partial charge in [-0.1, -0.05) is 39.8 Å². The zero-order chi connectivity index (χ0) is 22.2. The number of ether oxygens (including phenoxy) is 3. The topological polar surface area (TPSA) is 85.9 Å². The Morgan fingerprint density at radius 1 is 0.833 bits per heavy atom. The maximum absolute atomic E-state index is 11.8. The summed E-state index contributed by atoms with van der Waals surface area (Å²) in [6, 6.07) is 7.84. The lowest BCUT2D eigenvalue weighted by Crippen LogP contribution is -2.32. The van der Waals surface area contributed by atoms with Gasteiger partial charge in [0.1, 0.15) is 5.75 Å². The molecule has 0 radical (unpaired) electrons. The Kier molecular flexibility index (Phi) is 13.5. The molecule has 0 aliphatic heterocycles. The monoisotopic (exact) mass is 422 g/mol. The van der Waals surface area contributed by atoms with E-state index in [0.717, 1.165) is 6.42 Å². The maximum Gasteiger partial charge on any atom is 0.258 e. The van der Waals surface area contributed by atoms with Crippen molar-refractivity contribution in [2.24, 2.45) is 11.8 Å².